The summed E-state index contributed by atoms with van der Waals surface area (Å²) in [5.41, 5.74) is 0.862. The zero-order chi connectivity index (χ0) is 12.0. The van der Waals surface area contributed by atoms with E-state index in [0.717, 1.165) is 5.56 Å². The molecule has 0 saturated carbocycles. The number of carboxylic acid groups (broad SMARTS) is 1. The average molecular weight is 221 g/mol. The molecule has 4 nitrogen and oxygen atoms in total. The molecule has 0 amide bonds. The third-order valence-corrected chi connectivity index (χ3v) is 2.30. The molecule has 1 aromatic carbocycles. The Morgan fingerprint density at radius 3 is 2.44 bits per heavy atom. The number of esters is 1. The number of benzene rings is 1. The number of rotatable bonds is 5. The Morgan fingerprint density at radius 2 is 1.94 bits per heavy atom. The SMILES string of the molecule is COC(=O)C[C@H](Cc1ccccc1)C(=O)[O-]. The number of hydrogen-bond donors (Lipinski definition) is 0. The first-order valence-electron chi connectivity index (χ1n) is 4.95. The quantitative estimate of drug-likeness (QED) is 0.664. The predicted molar refractivity (Wildman–Crippen MR) is 55.3 cm³/mol. The lowest BCUT2D eigenvalue weighted by Crippen LogP contribution is -2.34. The molecule has 16 heavy (non-hydrogen) atoms. The Kier molecular flexibility index (Phi) is 4.51. The van der Waals surface area contributed by atoms with Gasteiger partial charge in [-0.25, -0.2) is 0 Å². The summed E-state index contributed by atoms with van der Waals surface area (Å²) in [4.78, 5) is 21.8. The third-order valence-electron chi connectivity index (χ3n) is 2.30. The summed E-state index contributed by atoms with van der Waals surface area (Å²) < 4.78 is 4.44. The normalized spacial score (nSPS) is 11.8. The zero-order valence-corrected chi connectivity index (χ0v) is 9.01. The average Bonchev–Trinajstić information content (AvgIpc) is 2.29. The number of carbonyl (C=O) groups excluding carboxylic acids is 2. The molecule has 0 aliphatic rings. The van der Waals surface area contributed by atoms with Crippen molar-refractivity contribution in [1.29, 1.82) is 0 Å². The van der Waals surface area contributed by atoms with Gasteiger partial charge in [0.1, 0.15) is 0 Å². The topological polar surface area (TPSA) is 66.4 Å². The second-order valence-electron chi connectivity index (χ2n) is 3.49. The van der Waals surface area contributed by atoms with E-state index < -0.39 is 17.9 Å². The Morgan fingerprint density at radius 1 is 1.31 bits per heavy atom. The zero-order valence-electron chi connectivity index (χ0n) is 9.01. The van der Waals surface area contributed by atoms with Gasteiger partial charge in [0, 0.05) is 11.9 Å². The minimum absolute atomic E-state index is 0.159. The van der Waals surface area contributed by atoms with Crippen LogP contribution in [-0.4, -0.2) is 19.0 Å². The smallest absolute Gasteiger partial charge is 0.306 e. The van der Waals surface area contributed by atoms with E-state index in [4.69, 9.17) is 0 Å². The maximum atomic E-state index is 11.0. The van der Waals surface area contributed by atoms with Crippen LogP contribution in [0.5, 0.6) is 0 Å². The van der Waals surface area contributed by atoms with Gasteiger partial charge in [0.2, 0.25) is 0 Å². The van der Waals surface area contributed by atoms with Gasteiger partial charge < -0.3 is 14.6 Å². The Bertz CT molecular complexity index is 359. The first-order valence-corrected chi connectivity index (χ1v) is 4.95. The lowest BCUT2D eigenvalue weighted by atomic mass is 9.96. The van der Waals surface area contributed by atoms with Crippen LogP contribution in [0.15, 0.2) is 30.3 Å². The minimum Gasteiger partial charge on any atom is -0.550 e. The molecule has 1 atom stereocenters. The Hall–Kier alpha value is -1.84. The van der Waals surface area contributed by atoms with Crippen LogP contribution in [0.4, 0.5) is 0 Å². The predicted octanol–water partition coefficient (Wildman–Crippen LogP) is 0.158. The molecule has 1 aromatic rings. The first kappa shape index (κ1) is 12.2. The summed E-state index contributed by atoms with van der Waals surface area (Å²) in [5.74, 6) is -2.60. The van der Waals surface area contributed by atoms with Gasteiger partial charge in [0.05, 0.1) is 13.5 Å². The van der Waals surface area contributed by atoms with Crippen LogP contribution in [0.1, 0.15) is 12.0 Å². The molecule has 4 heteroatoms. The lowest BCUT2D eigenvalue weighted by molar-refractivity contribution is -0.311. The Balaban J connectivity index is 2.65. The van der Waals surface area contributed by atoms with Crippen LogP contribution in [0, 0.1) is 5.92 Å². The molecular formula is C12H13O4-. The van der Waals surface area contributed by atoms with Gasteiger partial charge in [-0.05, 0) is 12.0 Å². The summed E-state index contributed by atoms with van der Waals surface area (Å²) in [7, 11) is 1.23. The number of aliphatic carboxylic acids is 1. The van der Waals surface area contributed by atoms with Gasteiger partial charge in [0.15, 0.2) is 0 Å². The largest absolute Gasteiger partial charge is 0.550 e. The summed E-state index contributed by atoms with van der Waals surface area (Å²) >= 11 is 0. The van der Waals surface area contributed by atoms with Crippen LogP contribution in [0.2, 0.25) is 0 Å². The van der Waals surface area contributed by atoms with E-state index in [0.29, 0.717) is 0 Å². The summed E-state index contributed by atoms with van der Waals surface area (Å²) in [6.07, 6.45) is 0.117. The molecule has 0 N–H and O–H groups in total. The van der Waals surface area contributed by atoms with E-state index >= 15 is 0 Å². The first-order chi connectivity index (χ1) is 7.63. The fraction of sp³-hybridized carbons (Fsp3) is 0.333. The highest BCUT2D eigenvalue weighted by Crippen LogP contribution is 2.12. The van der Waals surface area contributed by atoms with Crippen molar-refractivity contribution in [3.05, 3.63) is 35.9 Å². The molecule has 0 bridgehead atoms. The van der Waals surface area contributed by atoms with Gasteiger partial charge in [-0.3, -0.25) is 4.79 Å². The molecule has 0 unspecified atom stereocenters. The molecule has 0 spiro atoms. The van der Waals surface area contributed by atoms with Crippen LogP contribution >= 0.6 is 0 Å². The highest BCUT2D eigenvalue weighted by Gasteiger charge is 2.15. The number of ether oxygens (including phenoxy) is 1. The fourth-order valence-corrected chi connectivity index (χ4v) is 1.42. The maximum absolute atomic E-state index is 11.0. The van der Waals surface area contributed by atoms with E-state index in [-0.39, 0.29) is 12.8 Å². The van der Waals surface area contributed by atoms with Gasteiger partial charge in [-0.15, -0.1) is 0 Å². The van der Waals surface area contributed by atoms with E-state index in [1.807, 2.05) is 30.3 Å². The highest BCUT2D eigenvalue weighted by molar-refractivity contribution is 5.77. The Labute approximate surface area is 93.9 Å². The molecule has 1 rings (SSSR count). The molecule has 0 fully saturated rings. The van der Waals surface area contributed by atoms with E-state index in [1.165, 1.54) is 7.11 Å². The third kappa shape index (κ3) is 3.73. The molecule has 86 valence electrons. The van der Waals surface area contributed by atoms with Crippen molar-refractivity contribution in [1.82, 2.24) is 0 Å². The van der Waals surface area contributed by atoms with Gasteiger partial charge in [-0.1, -0.05) is 30.3 Å². The fourth-order valence-electron chi connectivity index (χ4n) is 1.42. The number of hydrogen-bond acceptors (Lipinski definition) is 4. The van der Waals surface area contributed by atoms with Crippen molar-refractivity contribution in [2.24, 2.45) is 5.92 Å². The highest BCUT2D eigenvalue weighted by atomic mass is 16.5. The van der Waals surface area contributed by atoms with Crippen LogP contribution < -0.4 is 5.11 Å². The molecule has 0 heterocycles. The molecular weight excluding hydrogens is 208 g/mol. The van der Waals surface area contributed by atoms with Crippen molar-refractivity contribution in [3.8, 4) is 0 Å². The van der Waals surface area contributed by atoms with Crippen LogP contribution in [0.25, 0.3) is 0 Å². The van der Waals surface area contributed by atoms with Crippen LogP contribution in [0.3, 0.4) is 0 Å². The number of carbonyl (C=O) groups is 2. The number of methoxy groups -OCH3 is 1. The lowest BCUT2D eigenvalue weighted by Gasteiger charge is -2.16. The second kappa shape index (κ2) is 5.90. The summed E-state index contributed by atoms with van der Waals surface area (Å²) in [5, 5.41) is 10.8. The van der Waals surface area contributed by atoms with Gasteiger partial charge in [-0.2, -0.15) is 0 Å². The molecule has 0 saturated heterocycles. The summed E-state index contributed by atoms with van der Waals surface area (Å²) in [6.45, 7) is 0. The molecule has 0 aromatic heterocycles. The summed E-state index contributed by atoms with van der Waals surface area (Å²) in [6, 6.07) is 9.11. The van der Waals surface area contributed by atoms with E-state index in [1.54, 1.807) is 0 Å². The number of carboxylic acids is 1. The molecule has 0 aliphatic heterocycles. The van der Waals surface area contributed by atoms with E-state index in [9.17, 15) is 14.7 Å². The molecule has 0 aliphatic carbocycles. The second-order valence-corrected chi connectivity index (χ2v) is 3.49. The standard InChI is InChI=1S/C12H14O4/c1-16-11(13)8-10(12(14)15)7-9-5-3-2-4-6-9/h2-6,10H,7-8H2,1H3,(H,14,15)/p-1/t10-/m0/s1. The van der Waals surface area contributed by atoms with Gasteiger partial charge in [0.25, 0.3) is 0 Å². The van der Waals surface area contributed by atoms with Crippen molar-refractivity contribution in [3.63, 3.8) is 0 Å². The molecule has 0 radical (unpaired) electrons. The van der Waals surface area contributed by atoms with Gasteiger partial charge >= 0.3 is 5.97 Å². The van der Waals surface area contributed by atoms with E-state index in [2.05, 4.69) is 4.74 Å². The van der Waals surface area contributed by atoms with Crippen molar-refractivity contribution in [2.75, 3.05) is 7.11 Å². The van der Waals surface area contributed by atoms with Crippen LogP contribution in [-0.2, 0) is 20.7 Å². The maximum Gasteiger partial charge on any atom is 0.306 e. The van der Waals surface area contributed by atoms with Crippen molar-refractivity contribution >= 4 is 11.9 Å². The van der Waals surface area contributed by atoms with Crippen molar-refractivity contribution in [2.45, 2.75) is 12.8 Å². The van der Waals surface area contributed by atoms with Crippen molar-refractivity contribution < 1.29 is 19.4 Å². The minimum atomic E-state index is -1.23. The monoisotopic (exact) mass is 221 g/mol.